The molecule has 1 aromatic rings. The first-order valence-electron chi connectivity index (χ1n) is 4.72. The molecule has 16 heavy (non-hydrogen) atoms. The Bertz CT molecular complexity index is 491. The van der Waals surface area contributed by atoms with Gasteiger partial charge in [-0.05, 0) is 5.56 Å². The molecule has 0 spiro atoms. The summed E-state index contributed by atoms with van der Waals surface area (Å²) in [5.74, 6) is -0.966. The van der Waals surface area contributed by atoms with Gasteiger partial charge in [0.15, 0.2) is 0 Å². The van der Waals surface area contributed by atoms with Gasteiger partial charge in [-0.1, -0.05) is 30.3 Å². The molecule has 0 aromatic heterocycles. The highest BCUT2D eigenvalue weighted by Crippen LogP contribution is 2.31. The fraction of sp³-hybridized carbons (Fsp3) is 0.0909. The summed E-state index contributed by atoms with van der Waals surface area (Å²) in [5, 5.41) is 9.83. The van der Waals surface area contributed by atoms with Gasteiger partial charge in [-0.2, -0.15) is 0 Å². The van der Waals surface area contributed by atoms with E-state index in [1.165, 1.54) is 0 Å². The lowest BCUT2D eigenvalue weighted by molar-refractivity contribution is -0.114. The monoisotopic (exact) mass is 217 g/mol. The Kier molecular flexibility index (Phi) is 2.36. The summed E-state index contributed by atoms with van der Waals surface area (Å²) in [6, 6.07) is 8.45. The number of aliphatic hydroxyl groups is 1. The minimum atomic E-state index is -0.766. The van der Waals surface area contributed by atoms with Crippen molar-refractivity contribution in [3.05, 3.63) is 47.2 Å². The minimum absolute atomic E-state index is 0.0150. The van der Waals surface area contributed by atoms with E-state index in [2.05, 4.69) is 4.99 Å². The number of nitrogens with zero attached hydrogens (tertiary/aromatic N) is 1. The molecule has 1 aliphatic rings. The summed E-state index contributed by atoms with van der Waals surface area (Å²) in [6.07, 6.45) is 0. The molecule has 1 atom stereocenters. The van der Waals surface area contributed by atoms with Crippen molar-refractivity contribution >= 4 is 11.7 Å². The van der Waals surface area contributed by atoms with Crippen LogP contribution in [0.1, 0.15) is 11.6 Å². The van der Waals surface area contributed by atoms with Gasteiger partial charge in [0.1, 0.15) is 23.2 Å². The van der Waals surface area contributed by atoms with Gasteiger partial charge in [-0.3, -0.25) is 9.79 Å². The molecule has 82 valence electrons. The average Bonchev–Trinajstić information content (AvgIpc) is 2.55. The quantitative estimate of drug-likeness (QED) is 0.668. The average molecular weight is 217 g/mol. The Balaban J connectivity index is 2.45. The van der Waals surface area contributed by atoms with Crippen LogP contribution in [-0.4, -0.2) is 16.8 Å². The number of aliphatic imine (C=N–C) groups is 1. The summed E-state index contributed by atoms with van der Waals surface area (Å²) in [7, 11) is 0. The van der Waals surface area contributed by atoms with Crippen molar-refractivity contribution in [2.75, 3.05) is 0 Å². The third kappa shape index (κ3) is 1.52. The number of primary amides is 1. The molecule has 0 radical (unpaired) electrons. The first-order valence-corrected chi connectivity index (χ1v) is 4.72. The zero-order chi connectivity index (χ0) is 11.7. The van der Waals surface area contributed by atoms with Crippen LogP contribution in [0.3, 0.4) is 0 Å². The lowest BCUT2D eigenvalue weighted by Crippen LogP contribution is -2.25. The molecule has 0 saturated heterocycles. The highest BCUT2D eigenvalue weighted by Gasteiger charge is 2.30. The van der Waals surface area contributed by atoms with E-state index in [4.69, 9.17) is 11.5 Å². The van der Waals surface area contributed by atoms with Crippen molar-refractivity contribution in [2.45, 2.75) is 6.04 Å². The number of aliphatic hydroxyl groups excluding tert-OH is 1. The molecular weight excluding hydrogens is 206 g/mol. The Morgan fingerprint density at radius 2 is 1.94 bits per heavy atom. The number of rotatable bonds is 2. The Labute approximate surface area is 92.1 Å². The van der Waals surface area contributed by atoms with Gasteiger partial charge >= 0.3 is 0 Å². The van der Waals surface area contributed by atoms with Gasteiger partial charge in [-0.25, -0.2) is 0 Å². The van der Waals surface area contributed by atoms with Crippen LogP contribution in [0.5, 0.6) is 0 Å². The summed E-state index contributed by atoms with van der Waals surface area (Å²) >= 11 is 0. The Hall–Kier alpha value is -2.30. The number of carbonyl (C=O) groups is 1. The van der Waals surface area contributed by atoms with Crippen molar-refractivity contribution in [3.63, 3.8) is 0 Å². The molecular formula is C11H11N3O2. The SMILES string of the molecule is NC(=O)C1=C(O)[C@@H](c2ccccc2)N=C1N. The van der Waals surface area contributed by atoms with Crippen molar-refractivity contribution in [1.82, 2.24) is 0 Å². The standard InChI is InChI=1S/C11H11N3O2/c12-10-7(11(13)16)9(15)8(14-10)6-4-2-1-3-5-6/h1-5,8,15H,(H2,12,14)(H2,13,16)/t8-/m1/s1. The van der Waals surface area contributed by atoms with Crippen LogP contribution in [0.15, 0.2) is 46.7 Å². The number of amides is 1. The number of hydrogen-bond acceptors (Lipinski definition) is 4. The zero-order valence-corrected chi connectivity index (χ0v) is 8.42. The third-order valence-corrected chi connectivity index (χ3v) is 2.40. The van der Waals surface area contributed by atoms with Crippen molar-refractivity contribution in [2.24, 2.45) is 16.5 Å². The number of benzene rings is 1. The first-order chi connectivity index (χ1) is 7.61. The van der Waals surface area contributed by atoms with E-state index in [1.54, 1.807) is 12.1 Å². The summed E-state index contributed by atoms with van der Waals surface area (Å²) in [6.45, 7) is 0. The van der Waals surface area contributed by atoms with Crippen LogP contribution >= 0.6 is 0 Å². The maximum absolute atomic E-state index is 11.0. The second kappa shape index (κ2) is 3.69. The van der Waals surface area contributed by atoms with Crippen LogP contribution < -0.4 is 11.5 Å². The normalized spacial score (nSPS) is 19.8. The molecule has 0 saturated carbocycles. The molecule has 2 rings (SSSR count). The highest BCUT2D eigenvalue weighted by molar-refractivity contribution is 6.21. The van der Waals surface area contributed by atoms with E-state index in [9.17, 15) is 9.90 Å². The van der Waals surface area contributed by atoms with Gasteiger partial charge in [0.05, 0.1) is 0 Å². The largest absolute Gasteiger partial charge is 0.509 e. The predicted molar refractivity (Wildman–Crippen MR) is 59.7 cm³/mol. The fourth-order valence-electron chi connectivity index (χ4n) is 1.65. The lowest BCUT2D eigenvalue weighted by atomic mass is 10.0. The highest BCUT2D eigenvalue weighted by atomic mass is 16.3. The minimum Gasteiger partial charge on any atom is -0.509 e. The topological polar surface area (TPSA) is 102 Å². The number of amidine groups is 1. The zero-order valence-electron chi connectivity index (χ0n) is 8.42. The van der Waals surface area contributed by atoms with Crippen LogP contribution in [0.25, 0.3) is 0 Å². The predicted octanol–water partition coefficient (Wildman–Crippen LogP) is 0.396. The number of nitrogens with two attached hydrogens (primary N) is 2. The molecule has 1 heterocycles. The van der Waals surface area contributed by atoms with Crippen molar-refractivity contribution in [1.29, 1.82) is 0 Å². The van der Waals surface area contributed by atoms with E-state index in [0.717, 1.165) is 5.56 Å². The first kappa shape index (κ1) is 10.2. The molecule has 1 aromatic carbocycles. The molecule has 0 bridgehead atoms. The van der Waals surface area contributed by atoms with Gasteiger partial charge in [0.2, 0.25) is 0 Å². The fourth-order valence-corrected chi connectivity index (χ4v) is 1.65. The van der Waals surface area contributed by atoms with Gasteiger partial charge in [0.25, 0.3) is 5.91 Å². The third-order valence-electron chi connectivity index (χ3n) is 2.40. The molecule has 0 aliphatic carbocycles. The van der Waals surface area contributed by atoms with E-state index in [1.807, 2.05) is 18.2 Å². The maximum atomic E-state index is 11.0. The summed E-state index contributed by atoms with van der Waals surface area (Å²) in [5.41, 5.74) is 11.3. The van der Waals surface area contributed by atoms with Crippen LogP contribution in [0.2, 0.25) is 0 Å². The second-order valence-electron chi connectivity index (χ2n) is 3.45. The van der Waals surface area contributed by atoms with Crippen LogP contribution in [0, 0.1) is 0 Å². The van der Waals surface area contributed by atoms with Crippen LogP contribution in [-0.2, 0) is 4.79 Å². The van der Waals surface area contributed by atoms with E-state index < -0.39 is 11.9 Å². The molecule has 0 unspecified atom stereocenters. The van der Waals surface area contributed by atoms with Crippen molar-refractivity contribution in [3.8, 4) is 0 Å². The summed E-state index contributed by atoms with van der Waals surface area (Å²) < 4.78 is 0. The molecule has 5 heteroatoms. The molecule has 1 amide bonds. The Morgan fingerprint density at radius 1 is 1.31 bits per heavy atom. The van der Waals surface area contributed by atoms with Gasteiger partial charge in [-0.15, -0.1) is 0 Å². The number of carbonyl (C=O) groups excluding carboxylic acids is 1. The molecule has 5 N–H and O–H groups in total. The Morgan fingerprint density at radius 3 is 2.44 bits per heavy atom. The van der Waals surface area contributed by atoms with E-state index in [-0.39, 0.29) is 17.2 Å². The van der Waals surface area contributed by atoms with Gasteiger partial charge < -0.3 is 16.6 Å². The van der Waals surface area contributed by atoms with E-state index >= 15 is 0 Å². The molecule has 1 aliphatic heterocycles. The van der Waals surface area contributed by atoms with Crippen LogP contribution in [0.4, 0.5) is 0 Å². The molecule has 0 fully saturated rings. The molecule has 5 nitrogen and oxygen atoms in total. The smallest absolute Gasteiger partial charge is 0.255 e. The maximum Gasteiger partial charge on any atom is 0.255 e. The second-order valence-corrected chi connectivity index (χ2v) is 3.45. The van der Waals surface area contributed by atoms with E-state index in [0.29, 0.717) is 0 Å². The number of hydrogen-bond donors (Lipinski definition) is 3. The summed E-state index contributed by atoms with van der Waals surface area (Å²) in [4.78, 5) is 15.1. The van der Waals surface area contributed by atoms with Crippen molar-refractivity contribution < 1.29 is 9.90 Å². The van der Waals surface area contributed by atoms with Gasteiger partial charge in [0, 0.05) is 0 Å². The lowest BCUT2D eigenvalue weighted by Gasteiger charge is -2.07.